The number of H-pyrrole nitrogens is 1. The standard InChI is InChI=1S/C5H5NO2.C3H2N2O/c7-4-2-1-3-6-5(4)8;6-3-1-2-4-5-3/h1-3,7H,(H,6,8);1-2H. The van der Waals surface area contributed by atoms with E-state index in [1.165, 1.54) is 24.5 Å². The van der Waals surface area contributed by atoms with E-state index >= 15 is 0 Å². The Balaban J connectivity index is 0.000000146. The van der Waals surface area contributed by atoms with E-state index in [9.17, 15) is 9.59 Å². The number of nitrogens with zero attached hydrogens (tertiary/aromatic N) is 2. The van der Waals surface area contributed by atoms with Gasteiger partial charge in [0.15, 0.2) is 5.75 Å². The van der Waals surface area contributed by atoms with Crippen molar-refractivity contribution >= 4 is 5.91 Å². The summed E-state index contributed by atoms with van der Waals surface area (Å²) in [6.07, 6.45) is 4.13. The number of hydrogen-bond acceptors (Lipinski definition) is 4. The third-order valence-electron chi connectivity index (χ3n) is 1.24. The summed E-state index contributed by atoms with van der Waals surface area (Å²) in [6.45, 7) is 0. The zero-order valence-corrected chi connectivity index (χ0v) is 7.04. The average molecular weight is 193 g/mol. The van der Waals surface area contributed by atoms with Crippen LogP contribution in [-0.2, 0) is 4.79 Å². The maximum Gasteiger partial charge on any atom is 0.290 e. The molecule has 0 bridgehead atoms. The van der Waals surface area contributed by atoms with Crippen LogP contribution in [0.3, 0.4) is 0 Å². The summed E-state index contributed by atoms with van der Waals surface area (Å²) in [6, 6.07) is 2.88. The molecule has 72 valence electrons. The molecule has 0 aromatic carbocycles. The minimum Gasteiger partial charge on any atom is -0.503 e. The fraction of sp³-hybridized carbons (Fsp3) is 0. The Morgan fingerprint density at radius 1 is 1.36 bits per heavy atom. The van der Waals surface area contributed by atoms with Crippen molar-refractivity contribution in [3.63, 3.8) is 0 Å². The van der Waals surface area contributed by atoms with Crippen molar-refractivity contribution in [2.75, 3.05) is 0 Å². The molecule has 2 rings (SSSR count). The van der Waals surface area contributed by atoms with Crippen LogP contribution in [0.2, 0.25) is 0 Å². The van der Waals surface area contributed by atoms with Crippen molar-refractivity contribution in [1.82, 2.24) is 4.98 Å². The van der Waals surface area contributed by atoms with Crippen LogP contribution in [0.25, 0.3) is 0 Å². The lowest BCUT2D eigenvalue weighted by Crippen LogP contribution is -2.01. The lowest BCUT2D eigenvalue weighted by molar-refractivity contribution is -0.113. The van der Waals surface area contributed by atoms with Crippen molar-refractivity contribution < 1.29 is 9.90 Å². The van der Waals surface area contributed by atoms with Crippen molar-refractivity contribution in [2.45, 2.75) is 0 Å². The highest BCUT2D eigenvalue weighted by atomic mass is 16.3. The first-order valence-corrected chi connectivity index (χ1v) is 3.68. The van der Waals surface area contributed by atoms with Crippen LogP contribution in [0.4, 0.5) is 0 Å². The highest BCUT2D eigenvalue weighted by Gasteiger charge is 1.92. The molecule has 2 heterocycles. The topological polar surface area (TPSA) is 94.9 Å². The van der Waals surface area contributed by atoms with Gasteiger partial charge in [0.1, 0.15) is 0 Å². The second-order valence-corrected chi connectivity index (χ2v) is 2.25. The van der Waals surface area contributed by atoms with Gasteiger partial charge in [-0.2, -0.15) is 5.11 Å². The average Bonchev–Trinajstić information content (AvgIpc) is 2.63. The molecule has 0 fully saturated rings. The molecule has 6 heteroatoms. The molecular weight excluding hydrogens is 186 g/mol. The Hall–Kier alpha value is -2.24. The van der Waals surface area contributed by atoms with E-state index in [2.05, 4.69) is 15.2 Å². The summed E-state index contributed by atoms with van der Waals surface area (Å²) >= 11 is 0. The molecule has 6 nitrogen and oxygen atoms in total. The molecule has 0 spiro atoms. The number of aromatic amines is 1. The lowest BCUT2D eigenvalue weighted by atomic mass is 10.5. The zero-order chi connectivity index (χ0) is 10.4. The number of aromatic hydroxyl groups is 1. The summed E-state index contributed by atoms with van der Waals surface area (Å²) < 4.78 is 0. The molecule has 1 aliphatic heterocycles. The summed E-state index contributed by atoms with van der Waals surface area (Å²) in [5, 5.41) is 14.9. The predicted molar refractivity (Wildman–Crippen MR) is 47.7 cm³/mol. The van der Waals surface area contributed by atoms with Gasteiger partial charge in [-0.3, -0.25) is 9.59 Å². The van der Waals surface area contributed by atoms with Gasteiger partial charge < -0.3 is 10.1 Å². The number of azo groups is 1. The molecule has 0 unspecified atom stereocenters. The van der Waals surface area contributed by atoms with Crippen LogP contribution in [0.5, 0.6) is 5.75 Å². The van der Waals surface area contributed by atoms with Gasteiger partial charge in [-0.15, -0.1) is 5.11 Å². The molecule has 14 heavy (non-hydrogen) atoms. The summed E-state index contributed by atoms with van der Waals surface area (Å²) in [5.41, 5.74) is -0.451. The van der Waals surface area contributed by atoms with Crippen LogP contribution in [0, 0.1) is 0 Å². The normalized spacial score (nSPS) is 12.4. The van der Waals surface area contributed by atoms with Crippen LogP contribution < -0.4 is 5.56 Å². The summed E-state index contributed by atoms with van der Waals surface area (Å²) in [4.78, 5) is 22.5. The number of pyridine rings is 1. The van der Waals surface area contributed by atoms with Crippen molar-refractivity contribution in [1.29, 1.82) is 0 Å². The Labute approximate surface area is 78.6 Å². The van der Waals surface area contributed by atoms with Gasteiger partial charge in [0.2, 0.25) is 0 Å². The van der Waals surface area contributed by atoms with Gasteiger partial charge in [0, 0.05) is 12.3 Å². The van der Waals surface area contributed by atoms with Gasteiger partial charge in [0.25, 0.3) is 11.5 Å². The number of hydrogen-bond donors (Lipinski definition) is 2. The molecule has 1 aromatic heterocycles. The minimum absolute atomic E-state index is 0.243. The fourth-order valence-corrected chi connectivity index (χ4v) is 0.633. The predicted octanol–water partition coefficient (Wildman–Crippen LogP) is 0.573. The largest absolute Gasteiger partial charge is 0.503 e. The first-order chi connectivity index (χ1) is 6.70. The highest BCUT2D eigenvalue weighted by Crippen LogP contribution is 1.92. The van der Waals surface area contributed by atoms with Crippen LogP contribution >= 0.6 is 0 Å². The molecule has 0 saturated heterocycles. The third-order valence-corrected chi connectivity index (χ3v) is 1.24. The van der Waals surface area contributed by atoms with E-state index in [1.54, 1.807) is 6.07 Å². The molecule has 0 aliphatic carbocycles. The molecule has 1 aromatic rings. The van der Waals surface area contributed by atoms with E-state index in [4.69, 9.17) is 5.11 Å². The van der Waals surface area contributed by atoms with E-state index < -0.39 is 5.56 Å². The Morgan fingerprint density at radius 2 is 2.14 bits per heavy atom. The van der Waals surface area contributed by atoms with Gasteiger partial charge in [-0.05, 0) is 12.1 Å². The number of aromatic nitrogens is 1. The van der Waals surface area contributed by atoms with E-state index in [-0.39, 0.29) is 11.7 Å². The van der Waals surface area contributed by atoms with Crippen LogP contribution in [-0.4, -0.2) is 16.0 Å². The maximum atomic E-state index is 10.3. The Bertz CT molecular complexity index is 419. The maximum absolute atomic E-state index is 10.3. The van der Waals surface area contributed by atoms with Gasteiger partial charge >= 0.3 is 0 Å². The molecule has 0 radical (unpaired) electrons. The number of nitrogens with one attached hydrogen (secondary N) is 1. The Morgan fingerprint density at radius 3 is 2.43 bits per heavy atom. The molecule has 1 aliphatic rings. The summed E-state index contributed by atoms with van der Waals surface area (Å²) in [7, 11) is 0. The van der Waals surface area contributed by atoms with E-state index in [0.29, 0.717) is 0 Å². The molecule has 2 N–H and O–H groups in total. The fourth-order valence-electron chi connectivity index (χ4n) is 0.633. The lowest BCUT2D eigenvalue weighted by Gasteiger charge is -1.83. The van der Waals surface area contributed by atoms with Crippen LogP contribution in [0.1, 0.15) is 0 Å². The SMILES string of the molecule is O=C1C=CN=N1.O=c1[nH]cccc1O. The van der Waals surface area contributed by atoms with Crippen molar-refractivity contribution in [2.24, 2.45) is 10.2 Å². The highest BCUT2D eigenvalue weighted by molar-refractivity contribution is 5.89. The van der Waals surface area contributed by atoms with Crippen molar-refractivity contribution in [3.8, 4) is 5.75 Å². The molecular formula is C8H7N3O3. The Kier molecular flexibility index (Phi) is 3.31. The van der Waals surface area contributed by atoms with Gasteiger partial charge in [0.05, 0.1) is 6.20 Å². The third kappa shape index (κ3) is 3.02. The van der Waals surface area contributed by atoms with Crippen molar-refractivity contribution in [3.05, 3.63) is 41.0 Å². The molecule has 0 saturated carbocycles. The van der Waals surface area contributed by atoms with Crippen LogP contribution in [0.15, 0.2) is 45.6 Å². The van der Waals surface area contributed by atoms with E-state index in [0.717, 1.165) is 0 Å². The second-order valence-electron chi connectivity index (χ2n) is 2.25. The van der Waals surface area contributed by atoms with E-state index in [1.807, 2.05) is 0 Å². The quantitative estimate of drug-likeness (QED) is 0.630. The second kappa shape index (κ2) is 4.70. The number of amides is 1. The smallest absolute Gasteiger partial charge is 0.290 e. The number of carbonyl (C=O) groups is 1. The first-order valence-electron chi connectivity index (χ1n) is 3.68. The molecule has 0 atom stereocenters. The monoisotopic (exact) mass is 193 g/mol. The minimum atomic E-state index is -0.451. The zero-order valence-electron chi connectivity index (χ0n) is 7.04. The molecule has 1 amide bonds. The first kappa shape index (κ1) is 9.85. The number of rotatable bonds is 0. The van der Waals surface area contributed by atoms with Gasteiger partial charge in [-0.25, -0.2) is 0 Å². The summed E-state index contributed by atoms with van der Waals surface area (Å²) in [5.74, 6) is -0.512. The number of carbonyl (C=O) groups excluding carboxylic acids is 1. The van der Waals surface area contributed by atoms with Gasteiger partial charge in [-0.1, -0.05) is 0 Å².